The fraction of sp³-hybridized carbons (Fsp3) is 0.600. The number of aromatic nitrogens is 2. The first-order valence-corrected chi connectivity index (χ1v) is 9.56. The molecule has 134 valence electrons. The molecule has 0 radical (unpaired) electrons. The molecule has 5 heteroatoms. The highest BCUT2D eigenvalue weighted by Gasteiger charge is 2.28. The maximum atomic E-state index is 9.91. The quantitative estimate of drug-likeness (QED) is 0.930. The van der Waals surface area contributed by atoms with Gasteiger partial charge in [0.05, 0.1) is 28.5 Å². The minimum Gasteiger partial charge on any atom is -0.392 e. The Morgan fingerprint density at radius 2 is 1.76 bits per heavy atom. The van der Waals surface area contributed by atoms with Gasteiger partial charge in [0.15, 0.2) is 0 Å². The third kappa shape index (κ3) is 3.84. The molecule has 2 fully saturated rings. The van der Waals surface area contributed by atoms with Crippen LogP contribution in [0.2, 0.25) is 0 Å². The molecule has 1 atom stereocenters. The lowest BCUT2D eigenvalue weighted by atomic mass is 9.99. The number of aryl methyl sites for hydroxylation is 1. The van der Waals surface area contributed by atoms with Gasteiger partial charge in [0.2, 0.25) is 0 Å². The van der Waals surface area contributed by atoms with Crippen LogP contribution in [0, 0.1) is 6.92 Å². The van der Waals surface area contributed by atoms with Crippen LogP contribution in [0.3, 0.4) is 0 Å². The Balaban J connectivity index is 1.38. The third-order valence-corrected chi connectivity index (χ3v) is 5.72. The summed E-state index contributed by atoms with van der Waals surface area (Å²) < 4.78 is 0. The van der Waals surface area contributed by atoms with Crippen molar-refractivity contribution in [3.63, 3.8) is 0 Å². The second-order valence-corrected chi connectivity index (χ2v) is 7.54. The summed E-state index contributed by atoms with van der Waals surface area (Å²) in [6, 6.07) is 8.74. The minimum absolute atomic E-state index is 0.123. The van der Waals surface area contributed by atoms with E-state index in [1.165, 1.54) is 12.8 Å². The predicted octanol–water partition coefficient (Wildman–Crippen LogP) is 2.36. The number of para-hydroxylation sites is 2. The Morgan fingerprint density at radius 1 is 1.04 bits per heavy atom. The Hall–Kier alpha value is -1.56. The van der Waals surface area contributed by atoms with Crippen LogP contribution in [0.5, 0.6) is 0 Å². The van der Waals surface area contributed by atoms with Crippen molar-refractivity contribution < 1.29 is 5.11 Å². The molecule has 0 bridgehead atoms. The van der Waals surface area contributed by atoms with Gasteiger partial charge in [-0.15, -0.1) is 0 Å². The van der Waals surface area contributed by atoms with Crippen LogP contribution in [0.15, 0.2) is 24.3 Å². The maximum absolute atomic E-state index is 9.91. The second kappa shape index (κ2) is 7.36. The van der Waals surface area contributed by atoms with Crippen LogP contribution < -0.4 is 0 Å². The topological polar surface area (TPSA) is 52.5 Å². The molecule has 2 aliphatic heterocycles. The predicted molar refractivity (Wildman–Crippen MR) is 99.4 cm³/mol. The second-order valence-electron chi connectivity index (χ2n) is 7.54. The third-order valence-electron chi connectivity index (χ3n) is 5.72. The van der Waals surface area contributed by atoms with E-state index in [1.807, 2.05) is 24.3 Å². The van der Waals surface area contributed by atoms with Crippen molar-refractivity contribution in [2.45, 2.75) is 51.3 Å². The van der Waals surface area contributed by atoms with E-state index >= 15 is 0 Å². The normalized spacial score (nSPS) is 24.0. The van der Waals surface area contributed by atoms with Gasteiger partial charge in [-0.2, -0.15) is 0 Å². The summed E-state index contributed by atoms with van der Waals surface area (Å²) in [6.07, 6.45) is 4.35. The number of hydrogen-bond acceptors (Lipinski definition) is 5. The molecule has 0 unspecified atom stereocenters. The summed E-state index contributed by atoms with van der Waals surface area (Å²) in [7, 11) is 0. The number of nitrogens with zero attached hydrogens (tertiary/aromatic N) is 4. The minimum atomic E-state index is -0.123. The molecular formula is C20H28N4O. The van der Waals surface area contributed by atoms with E-state index in [0.717, 1.165) is 68.0 Å². The van der Waals surface area contributed by atoms with Crippen molar-refractivity contribution in [2.75, 3.05) is 26.2 Å². The standard InChI is InChI=1S/C20H28N4O/c1-15-20(22-19-7-3-2-6-18(19)21-15)14-23-11-8-16(9-12-23)24-10-4-5-17(25)13-24/h2-3,6-7,16-17,25H,4-5,8-14H2,1H3/t17-/m0/s1. The molecule has 1 aromatic heterocycles. The first-order chi connectivity index (χ1) is 12.2. The van der Waals surface area contributed by atoms with Crippen molar-refractivity contribution in [2.24, 2.45) is 0 Å². The van der Waals surface area contributed by atoms with Crippen LogP contribution in [0.1, 0.15) is 37.1 Å². The average Bonchev–Trinajstić information content (AvgIpc) is 2.63. The van der Waals surface area contributed by atoms with Gasteiger partial charge in [0.1, 0.15) is 0 Å². The van der Waals surface area contributed by atoms with Gasteiger partial charge in [-0.1, -0.05) is 12.1 Å². The monoisotopic (exact) mass is 340 g/mol. The molecule has 2 aliphatic rings. The van der Waals surface area contributed by atoms with E-state index in [0.29, 0.717) is 6.04 Å². The molecule has 0 aliphatic carbocycles. The van der Waals surface area contributed by atoms with Crippen LogP contribution in [-0.2, 0) is 6.54 Å². The first kappa shape index (κ1) is 16.9. The Morgan fingerprint density at radius 3 is 2.48 bits per heavy atom. The van der Waals surface area contributed by atoms with E-state index in [2.05, 4.69) is 16.7 Å². The van der Waals surface area contributed by atoms with E-state index in [-0.39, 0.29) is 6.10 Å². The molecule has 4 rings (SSSR count). The highest BCUT2D eigenvalue weighted by Crippen LogP contribution is 2.22. The van der Waals surface area contributed by atoms with Gasteiger partial charge in [-0.05, 0) is 51.3 Å². The number of aliphatic hydroxyl groups is 1. The summed E-state index contributed by atoms with van der Waals surface area (Å²) in [5.74, 6) is 0. The highest BCUT2D eigenvalue weighted by molar-refractivity contribution is 5.74. The Kier molecular flexibility index (Phi) is 4.97. The summed E-state index contributed by atoms with van der Waals surface area (Å²) in [4.78, 5) is 14.6. The van der Waals surface area contributed by atoms with E-state index in [9.17, 15) is 5.11 Å². The van der Waals surface area contributed by atoms with Gasteiger partial charge in [-0.25, -0.2) is 9.97 Å². The summed E-state index contributed by atoms with van der Waals surface area (Å²) >= 11 is 0. The zero-order valence-electron chi connectivity index (χ0n) is 15.1. The Bertz CT molecular complexity index is 727. The summed E-state index contributed by atoms with van der Waals surface area (Å²) in [5.41, 5.74) is 4.11. The number of rotatable bonds is 3. The Labute approximate surface area is 149 Å². The van der Waals surface area contributed by atoms with Gasteiger partial charge in [0.25, 0.3) is 0 Å². The van der Waals surface area contributed by atoms with Crippen molar-refractivity contribution in [3.8, 4) is 0 Å². The number of likely N-dealkylation sites (tertiary alicyclic amines) is 2. The molecule has 1 aromatic carbocycles. The van der Waals surface area contributed by atoms with Crippen molar-refractivity contribution >= 4 is 11.0 Å². The summed E-state index contributed by atoms with van der Waals surface area (Å²) in [6.45, 7) is 7.17. The molecular weight excluding hydrogens is 312 g/mol. The van der Waals surface area contributed by atoms with Crippen molar-refractivity contribution in [1.29, 1.82) is 0 Å². The zero-order valence-corrected chi connectivity index (χ0v) is 15.1. The maximum Gasteiger partial charge on any atom is 0.0890 e. The smallest absolute Gasteiger partial charge is 0.0890 e. The highest BCUT2D eigenvalue weighted by atomic mass is 16.3. The number of aliphatic hydroxyl groups excluding tert-OH is 1. The van der Waals surface area contributed by atoms with Gasteiger partial charge < -0.3 is 5.11 Å². The average molecular weight is 340 g/mol. The fourth-order valence-electron chi connectivity index (χ4n) is 4.24. The molecule has 0 saturated carbocycles. The lowest BCUT2D eigenvalue weighted by Gasteiger charge is -2.41. The van der Waals surface area contributed by atoms with Gasteiger partial charge in [0, 0.05) is 32.2 Å². The lowest BCUT2D eigenvalue weighted by Crippen LogP contribution is -2.49. The molecule has 1 N–H and O–H groups in total. The van der Waals surface area contributed by atoms with Crippen molar-refractivity contribution in [3.05, 3.63) is 35.7 Å². The molecule has 5 nitrogen and oxygen atoms in total. The van der Waals surface area contributed by atoms with Crippen LogP contribution in [-0.4, -0.2) is 63.2 Å². The molecule has 25 heavy (non-hydrogen) atoms. The van der Waals surface area contributed by atoms with E-state index < -0.39 is 0 Å². The number of benzene rings is 1. The van der Waals surface area contributed by atoms with Crippen LogP contribution in [0.25, 0.3) is 11.0 Å². The number of piperidine rings is 2. The molecule has 3 heterocycles. The zero-order chi connectivity index (χ0) is 17.2. The molecule has 0 amide bonds. The molecule has 2 aromatic rings. The van der Waals surface area contributed by atoms with Crippen molar-refractivity contribution in [1.82, 2.24) is 19.8 Å². The fourth-order valence-corrected chi connectivity index (χ4v) is 4.24. The van der Waals surface area contributed by atoms with E-state index in [1.54, 1.807) is 0 Å². The molecule has 0 spiro atoms. The summed E-state index contributed by atoms with van der Waals surface area (Å²) in [5, 5.41) is 9.91. The number of hydrogen-bond donors (Lipinski definition) is 1. The SMILES string of the molecule is Cc1nc2ccccc2nc1CN1CCC(N2CCC[C@H](O)C2)CC1. The van der Waals surface area contributed by atoms with Gasteiger partial charge in [-0.3, -0.25) is 9.80 Å². The molecule has 2 saturated heterocycles. The number of fused-ring (bicyclic) bond motifs is 1. The van der Waals surface area contributed by atoms with Crippen LogP contribution in [0.4, 0.5) is 0 Å². The largest absolute Gasteiger partial charge is 0.392 e. The van der Waals surface area contributed by atoms with Gasteiger partial charge >= 0.3 is 0 Å². The van der Waals surface area contributed by atoms with E-state index in [4.69, 9.17) is 9.97 Å². The first-order valence-electron chi connectivity index (χ1n) is 9.56. The lowest BCUT2D eigenvalue weighted by molar-refractivity contribution is 0.0242. The number of β-amino-alcohol motifs (C(OH)–C–C–N with tert-alkyl or cyclic N) is 1. The van der Waals surface area contributed by atoms with Crippen LogP contribution >= 0.6 is 0 Å².